The Balaban J connectivity index is 2.14. The first-order valence-corrected chi connectivity index (χ1v) is 9.60. The van der Waals surface area contributed by atoms with Crippen LogP contribution in [0.15, 0.2) is 41.6 Å². The molecule has 1 heterocycles. The average Bonchev–Trinajstić information content (AvgIpc) is 2.65. The van der Waals surface area contributed by atoms with Crippen LogP contribution in [0.1, 0.15) is 27.9 Å². The van der Waals surface area contributed by atoms with Gasteiger partial charge in [0.05, 0.1) is 18.1 Å². The molecule has 1 aromatic carbocycles. The van der Waals surface area contributed by atoms with Gasteiger partial charge in [-0.25, -0.2) is 9.78 Å². The zero-order valence-corrected chi connectivity index (χ0v) is 16.4. The van der Waals surface area contributed by atoms with Gasteiger partial charge in [-0.2, -0.15) is 5.26 Å². The first-order chi connectivity index (χ1) is 13.0. The lowest BCUT2D eigenvalue weighted by molar-refractivity contribution is -0.121. The number of amides is 1. The van der Waals surface area contributed by atoms with Crippen LogP contribution in [0, 0.1) is 25.2 Å². The summed E-state index contributed by atoms with van der Waals surface area (Å²) in [4.78, 5) is 30.6. The predicted octanol–water partition coefficient (Wildman–Crippen LogP) is 3.52. The highest BCUT2D eigenvalue weighted by atomic mass is 32.2. The normalized spacial score (nSPS) is 10.1. The summed E-state index contributed by atoms with van der Waals surface area (Å²) in [5, 5.41) is 9.44. The second kappa shape index (κ2) is 9.74. The number of esters is 1. The van der Waals surface area contributed by atoms with Gasteiger partial charge in [0.1, 0.15) is 5.03 Å². The van der Waals surface area contributed by atoms with Gasteiger partial charge < -0.3 is 9.64 Å². The third-order valence-corrected chi connectivity index (χ3v) is 4.49. The van der Waals surface area contributed by atoms with Crippen molar-refractivity contribution in [2.45, 2.75) is 25.3 Å². The van der Waals surface area contributed by atoms with Crippen LogP contribution >= 0.6 is 11.8 Å². The Morgan fingerprint density at radius 2 is 1.96 bits per heavy atom. The molecule has 0 aliphatic carbocycles. The van der Waals surface area contributed by atoms with Gasteiger partial charge in [-0.3, -0.25) is 4.79 Å². The van der Waals surface area contributed by atoms with Crippen molar-refractivity contribution in [3.05, 3.63) is 53.2 Å². The molecule has 27 heavy (non-hydrogen) atoms. The van der Waals surface area contributed by atoms with E-state index in [2.05, 4.69) is 4.98 Å². The second-order valence-corrected chi connectivity index (χ2v) is 6.73. The zero-order chi connectivity index (χ0) is 19.8. The van der Waals surface area contributed by atoms with Gasteiger partial charge in [-0.15, -0.1) is 11.8 Å². The Hall–Kier alpha value is -2.85. The first kappa shape index (κ1) is 20.5. The lowest BCUT2D eigenvalue weighted by atomic mass is 10.1. The van der Waals surface area contributed by atoms with Gasteiger partial charge in [0.15, 0.2) is 6.61 Å². The highest BCUT2D eigenvalue weighted by Gasteiger charge is 2.20. The van der Waals surface area contributed by atoms with E-state index in [0.717, 1.165) is 11.1 Å². The predicted molar refractivity (Wildman–Crippen MR) is 105 cm³/mol. The van der Waals surface area contributed by atoms with Crippen LogP contribution in [-0.4, -0.2) is 36.3 Å². The topological polar surface area (TPSA) is 83.3 Å². The molecule has 0 aliphatic rings. The molecule has 0 saturated heterocycles. The molecule has 0 radical (unpaired) electrons. The molecule has 140 valence electrons. The fraction of sp³-hybridized carbons (Fsp3) is 0.300. The SMILES string of the molecule is CSc1ncccc1C(=O)OCC(=O)N(CCC#N)c1cc(C)cc(C)c1. The van der Waals surface area contributed by atoms with E-state index in [1.165, 1.54) is 16.7 Å². The van der Waals surface area contributed by atoms with Crippen LogP contribution in [0.4, 0.5) is 5.69 Å². The maximum absolute atomic E-state index is 12.7. The van der Waals surface area contributed by atoms with Crippen LogP contribution in [-0.2, 0) is 9.53 Å². The molecule has 0 unspecified atom stereocenters. The van der Waals surface area contributed by atoms with E-state index in [9.17, 15) is 9.59 Å². The van der Waals surface area contributed by atoms with Gasteiger partial charge in [0.25, 0.3) is 5.91 Å². The molecule has 1 aromatic heterocycles. The smallest absolute Gasteiger partial charge is 0.341 e. The quantitative estimate of drug-likeness (QED) is 0.537. The number of rotatable bonds is 7. The van der Waals surface area contributed by atoms with E-state index in [1.807, 2.05) is 44.4 Å². The van der Waals surface area contributed by atoms with E-state index in [0.29, 0.717) is 16.3 Å². The van der Waals surface area contributed by atoms with Crippen molar-refractivity contribution in [2.75, 3.05) is 24.3 Å². The van der Waals surface area contributed by atoms with E-state index in [1.54, 1.807) is 18.3 Å². The number of hydrogen-bond acceptors (Lipinski definition) is 6. The van der Waals surface area contributed by atoms with Gasteiger partial charge >= 0.3 is 5.97 Å². The van der Waals surface area contributed by atoms with Crippen LogP contribution in [0.5, 0.6) is 0 Å². The summed E-state index contributed by atoms with van der Waals surface area (Å²) < 4.78 is 5.21. The number of aromatic nitrogens is 1. The Kier molecular flexibility index (Phi) is 7.38. The van der Waals surface area contributed by atoms with Crippen LogP contribution in [0.25, 0.3) is 0 Å². The number of carbonyl (C=O) groups excluding carboxylic acids is 2. The molecule has 0 N–H and O–H groups in total. The molecule has 0 atom stereocenters. The van der Waals surface area contributed by atoms with Crippen molar-refractivity contribution in [3.8, 4) is 6.07 Å². The molecule has 0 saturated carbocycles. The summed E-state index contributed by atoms with van der Waals surface area (Å²) >= 11 is 1.33. The molecular weight excluding hydrogens is 362 g/mol. The summed E-state index contributed by atoms with van der Waals surface area (Å²) in [6, 6.07) is 11.1. The zero-order valence-electron chi connectivity index (χ0n) is 15.6. The first-order valence-electron chi connectivity index (χ1n) is 8.38. The van der Waals surface area contributed by atoms with Crippen molar-refractivity contribution in [1.29, 1.82) is 5.26 Å². The summed E-state index contributed by atoms with van der Waals surface area (Å²) in [5.41, 5.74) is 3.04. The van der Waals surface area contributed by atoms with Gasteiger partial charge in [-0.1, -0.05) is 6.07 Å². The van der Waals surface area contributed by atoms with Crippen molar-refractivity contribution in [3.63, 3.8) is 0 Å². The van der Waals surface area contributed by atoms with Crippen molar-refractivity contribution in [1.82, 2.24) is 4.98 Å². The number of aryl methyl sites for hydroxylation is 2. The maximum Gasteiger partial charge on any atom is 0.341 e. The summed E-state index contributed by atoms with van der Waals surface area (Å²) in [6.07, 6.45) is 3.59. The van der Waals surface area contributed by atoms with E-state index >= 15 is 0 Å². The number of anilines is 1. The van der Waals surface area contributed by atoms with Crippen LogP contribution in [0.2, 0.25) is 0 Å². The largest absolute Gasteiger partial charge is 0.452 e. The molecule has 6 nitrogen and oxygen atoms in total. The molecule has 7 heteroatoms. The fourth-order valence-electron chi connectivity index (χ4n) is 2.66. The number of nitriles is 1. The Bertz CT molecular complexity index is 857. The minimum atomic E-state index is -0.596. The van der Waals surface area contributed by atoms with E-state index in [4.69, 9.17) is 10.00 Å². The number of pyridine rings is 1. The van der Waals surface area contributed by atoms with Gasteiger partial charge in [0.2, 0.25) is 0 Å². The monoisotopic (exact) mass is 383 g/mol. The van der Waals surface area contributed by atoms with Crippen molar-refractivity contribution in [2.24, 2.45) is 0 Å². The number of benzene rings is 1. The Morgan fingerprint density at radius 1 is 1.26 bits per heavy atom. The molecular formula is C20H21N3O3S. The minimum absolute atomic E-state index is 0.186. The lowest BCUT2D eigenvalue weighted by Gasteiger charge is -2.22. The fourth-order valence-corrected chi connectivity index (χ4v) is 3.20. The number of nitrogens with zero attached hydrogens (tertiary/aromatic N) is 3. The standard InChI is InChI=1S/C20H21N3O3S/c1-14-10-15(2)12-16(11-14)23(9-5-7-21)18(24)13-26-20(25)17-6-4-8-22-19(17)27-3/h4,6,8,10-12H,5,9,13H2,1-3H3. The molecule has 1 amide bonds. The average molecular weight is 383 g/mol. The molecule has 0 fully saturated rings. The maximum atomic E-state index is 12.7. The summed E-state index contributed by atoms with van der Waals surface area (Å²) in [7, 11) is 0. The van der Waals surface area contributed by atoms with E-state index in [-0.39, 0.29) is 18.9 Å². The third-order valence-electron chi connectivity index (χ3n) is 3.78. The molecule has 0 aliphatic heterocycles. The summed E-state index contributed by atoms with van der Waals surface area (Å²) in [5.74, 6) is -0.973. The van der Waals surface area contributed by atoms with Crippen molar-refractivity contribution < 1.29 is 14.3 Å². The number of thioether (sulfide) groups is 1. The third kappa shape index (κ3) is 5.56. The van der Waals surface area contributed by atoms with Crippen LogP contribution < -0.4 is 4.90 Å². The minimum Gasteiger partial charge on any atom is -0.452 e. The highest BCUT2D eigenvalue weighted by Crippen LogP contribution is 2.20. The number of hydrogen-bond donors (Lipinski definition) is 0. The summed E-state index contributed by atoms with van der Waals surface area (Å²) in [6.45, 7) is 3.71. The molecule has 0 bridgehead atoms. The lowest BCUT2D eigenvalue weighted by Crippen LogP contribution is -2.35. The highest BCUT2D eigenvalue weighted by molar-refractivity contribution is 7.98. The Morgan fingerprint density at radius 3 is 2.59 bits per heavy atom. The molecule has 2 rings (SSSR count). The Labute approximate surface area is 163 Å². The number of carbonyl (C=O) groups is 2. The van der Waals surface area contributed by atoms with Crippen molar-refractivity contribution >= 4 is 29.3 Å². The second-order valence-electron chi connectivity index (χ2n) is 5.94. The van der Waals surface area contributed by atoms with Gasteiger partial charge in [0, 0.05) is 18.4 Å². The molecule has 0 spiro atoms. The number of ether oxygens (including phenoxy) is 1. The molecule has 2 aromatic rings. The van der Waals surface area contributed by atoms with Crippen LogP contribution in [0.3, 0.4) is 0 Å². The van der Waals surface area contributed by atoms with Gasteiger partial charge in [-0.05, 0) is 55.5 Å². The van der Waals surface area contributed by atoms with E-state index < -0.39 is 12.6 Å².